The molecule has 4 bridgehead atoms. The molecule has 13 amide bonds. The number of phenolic OH excluding ortho intramolecular Hbond substituents is 1. The quantitative estimate of drug-likeness (QED) is 0.0109. The highest BCUT2D eigenvalue weighted by atomic mass is 35.5. The highest BCUT2D eigenvalue weighted by Gasteiger charge is 2.65. The van der Waals surface area contributed by atoms with E-state index in [4.69, 9.17) is 52.5 Å². The Balaban J connectivity index is 0.856. The molecule has 0 radical (unpaired) electrons. The number of primary amides is 1. The molecule has 5 aromatic rings. The van der Waals surface area contributed by atoms with Gasteiger partial charge in [0.2, 0.25) is 59.1 Å². The third kappa shape index (κ3) is 29.6. The minimum Gasteiger partial charge on any atom is -0.508 e. The molecule has 3 saturated heterocycles. The van der Waals surface area contributed by atoms with Crippen LogP contribution in [0.1, 0.15) is 127 Å². The van der Waals surface area contributed by atoms with Gasteiger partial charge in [0.15, 0.2) is 5.72 Å². The van der Waals surface area contributed by atoms with E-state index in [0.717, 1.165) is 80.0 Å². The number of epoxide rings is 1. The second-order valence-corrected chi connectivity index (χ2v) is 39.6. The molecule has 0 spiro atoms. The number of urea groups is 1. The predicted molar refractivity (Wildman–Crippen MR) is 506 cm³/mol. The van der Waals surface area contributed by atoms with Crippen molar-refractivity contribution in [3.8, 4) is 11.5 Å². The zero-order chi connectivity index (χ0) is 95.5. The fraction of sp³-hybridized carbons (Fsp3) is 0.527. The number of allylic oxidation sites excluding steroid dienone is 3. The van der Waals surface area contributed by atoms with Crippen LogP contribution in [0, 0.1) is 11.8 Å². The first kappa shape index (κ1) is 104. The first-order valence-electron chi connectivity index (χ1n) is 44.2. The lowest BCUT2D eigenvalue weighted by atomic mass is 9.83. The van der Waals surface area contributed by atoms with E-state index in [-0.39, 0.29) is 91.0 Å². The number of halogens is 1. The maximum atomic E-state index is 15.3. The summed E-state index contributed by atoms with van der Waals surface area (Å²) in [5, 5.41) is 51.1. The van der Waals surface area contributed by atoms with Gasteiger partial charge in [-0.1, -0.05) is 159 Å². The molecule has 1 aliphatic carbocycles. The van der Waals surface area contributed by atoms with Crippen LogP contribution in [0.3, 0.4) is 0 Å². The smallest absolute Gasteiger partial charge is 0.409 e. The van der Waals surface area contributed by atoms with Gasteiger partial charge in [0.25, 0.3) is 0 Å². The number of nitrogens with one attached hydrogen (secondary N) is 11. The van der Waals surface area contributed by atoms with Crippen molar-refractivity contribution in [3.05, 3.63) is 148 Å². The number of likely N-dealkylation sites (N-methyl/N-ethyl adjacent to an activating group) is 1. The number of rotatable bonds is 34. The number of aliphatic hydroxyl groups is 1. The van der Waals surface area contributed by atoms with Crippen molar-refractivity contribution in [2.24, 2.45) is 29.0 Å². The zero-order valence-corrected chi connectivity index (χ0v) is 79.3. The van der Waals surface area contributed by atoms with Gasteiger partial charge in [0.05, 0.1) is 31.4 Å². The van der Waals surface area contributed by atoms with E-state index < -0.39 is 186 Å². The van der Waals surface area contributed by atoms with Gasteiger partial charge in [-0.05, 0) is 144 Å². The van der Waals surface area contributed by atoms with Crippen LogP contribution >= 0.6 is 54.8 Å². The third-order valence-electron chi connectivity index (χ3n) is 24.0. The van der Waals surface area contributed by atoms with E-state index in [1.54, 1.807) is 92.9 Å². The minimum atomic E-state index is -1.95. The molecule has 718 valence electrons. The summed E-state index contributed by atoms with van der Waals surface area (Å²) in [7, 11) is 9.92. The maximum Gasteiger partial charge on any atom is 0.409 e. The first-order chi connectivity index (χ1) is 63.1. The molecule has 41 heteroatoms. The van der Waals surface area contributed by atoms with Gasteiger partial charge in [-0.25, -0.2) is 14.4 Å². The summed E-state index contributed by atoms with van der Waals surface area (Å²) in [6.45, 7) is 7.89. The Morgan fingerprint density at radius 1 is 0.803 bits per heavy atom. The lowest BCUT2D eigenvalue weighted by molar-refractivity contribution is -0.162. The van der Waals surface area contributed by atoms with Gasteiger partial charge in [0.1, 0.15) is 88.8 Å². The van der Waals surface area contributed by atoms with Crippen LogP contribution in [0.4, 0.5) is 15.3 Å². The average molecular weight is 1920 g/mol. The number of aromatic nitrogens is 1. The maximum absolute atomic E-state index is 15.3. The van der Waals surface area contributed by atoms with Crippen LogP contribution in [-0.4, -0.2) is 258 Å². The van der Waals surface area contributed by atoms with Crippen molar-refractivity contribution in [3.63, 3.8) is 0 Å². The van der Waals surface area contributed by atoms with Gasteiger partial charge in [-0.2, -0.15) is 0 Å². The van der Waals surface area contributed by atoms with Crippen molar-refractivity contribution in [2.75, 3.05) is 75.9 Å². The van der Waals surface area contributed by atoms with Gasteiger partial charge >= 0.3 is 18.1 Å². The van der Waals surface area contributed by atoms with Crippen LogP contribution in [0.2, 0.25) is 5.02 Å². The molecule has 16 atom stereocenters. The normalized spacial score (nSPS) is 25.6. The summed E-state index contributed by atoms with van der Waals surface area (Å²) in [5.74, 6) is -10.4. The number of anilines is 1. The van der Waals surface area contributed by atoms with Crippen molar-refractivity contribution >= 4 is 149 Å². The molecular weight excluding hydrogens is 1800 g/mol. The van der Waals surface area contributed by atoms with Gasteiger partial charge in [-0.3, -0.25) is 53.3 Å². The fourth-order valence-electron chi connectivity index (χ4n) is 15.8. The second kappa shape index (κ2) is 49.6. The Bertz CT molecular complexity index is 4940. The summed E-state index contributed by atoms with van der Waals surface area (Å²) < 4.78 is 29.8. The van der Waals surface area contributed by atoms with Gasteiger partial charge in [-0.15, -0.1) is 0 Å². The van der Waals surface area contributed by atoms with E-state index in [0.29, 0.717) is 72.1 Å². The molecule has 1 saturated carbocycles. The number of alkyl carbamates (subject to hydrolysis) is 1. The number of nitrogens with zero attached hydrogens (tertiary/aromatic N) is 2. The predicted octanol–water partition coefficient (Wildman–Crippen LogP) is 5.20. The van der Waals surface area contributed by atoms with Gasteiger partial charge < -0.3 is 114 Å². The van der Waals surface area contributed by atoms with E-state index in [1.807, 2.05) is 31.2 Å². The number of benzene rings is 4. The number of aromatic hydroxyl groups is 1. The number of carbonyl (C=O) groups excluding carboxylic acids is 13. The number of H-pyrrole nitrogens is 1. The number of phenols is 1. The average Bonchev–Trinajstić information content (AvgIpc) is 1.57. The number of methoxy groups -OCH3 is 2. The Morgan fingerprint density at radius 2 is 1.47 bits per heavy atom. The van der Waals surface area contributed by atoms with E-state index in [1.165, 1.54) is 57.2 Å². The largest absolute Gasteiger partial charge is 0.508 e. The Hall–Kier alpha value is -10.3. The molecule has 132 heavy (non-hydrogen) atoms. The number of aromatic amines is 1. The fourth-order valence-corrected chi connectivity index (χ4v) is 20.6. The first-order valence-corrected chi connectivity index (χ1v) is 49.6. The van der Waals surface area contributed by atoms with E-state index in [2.05, 4.69) is 58.2 Å². The number of hydrogen-bond acceptors (Lipinski definition) is 26. The van der Waals surface area contributed by atoms with Crippen LogP contribution in [-0.2, 0) is 97.4 Å². The Morgan fingerprint density at radius 3 is 2.17 bits per heavy atom. The van der Waals surface area contributed by atoms with Crippen LogP contribution in [0.5, 0.6) is 11.5 Å². The summed E-state index contributed by atoms with van der Waals surface area (Å²) in [6.07, 6.45) is 5.78. The second-order valence-electron chi connectivity index (χ2n) is 34.0. The number of carbonyl (C=O) groups is 13. The zero-order valence-electron chi connectivity index (χ0n) is 75.3. The lowest BCUT2D eigenvalue weighted by Crippen LogP contribution is -2.63. The van der Waals surface area contributed by atoms with E-state index >= 15 is 24.0 Å². The molecule has 10 rings (SSSR count). The molecule has 5 heterocycles. The molecule has 4 aromatic carbocycles. The molecule has 36 nitrogen and oxygen atoms in total. The molecule has 5 aliphatic rings. The van der Waals surface area contributed by atoms with E-state index in [9.17, 15) is 48.6 Å². The highest BCUT2D eigenvalue weighted by Crippen LogP contribution is 2.50. The number of fused-ring (bicyclic) bond motifs is 6. The van der Waals surface area contributed by atoms with Crippen molar-refractivity contribution in [2.45, 2.75) is 221 Å². The van der Waals surface area contributed by atoms with Gasteiger partial charge in [0, 0.05) is 106 Å². The summed E-state index contributed by atoms with van der Waals surface area (Å²) in [5.41, 5.74) is 19.2. The van der Waals surface area contributed by atoms with Crippen molar-refractivity contribution in [1.29, 1.82) is 0 Å². The number of ether oxygens (including phenoxy) is 5. The summed E-state index contributed by atoms with van der Waals surface area (Å²) in [4.78, 5) is 194. The summed E-state index contributed by atoms with van der Waals surface area (Å²) >= 11 is 6.91. The molecule has 4 fully saturated rings. The van der Waals surface area contributed by atoms with Crippen molar-refractivity contribution < 1.29 is 96.2 Å². The Labute approximate surface area is 788 Å². The number of esters is 1. The standard InChI is InChI=1S/C91H123ClN16O20S4/c1-51-21-20-27-72(125-8)91(123)46-71(126-89(122)106-91)52(2)78-90(4,128-78)73(45-75(111)108(6)69-42-56(39-51)43-70(124-7)76(69)92)127-87(120)53(3)107(5)74(110)34-38-129-130-48-66(79(95)112)102-85(118)68-50-132-131-49-67(103-80(113)61(94)40-54-22-12-11-13-23-54)84(117)100-64(41-55-28-32-59(109)33-29-55)82(115)101-65(44-58-47-98-62-25-15-14-24-60(58)62)83(116)99-63(81(114)105-77(57-30-31-57)86(119)104-68)26-16-19-37-97-88(121)96-36-18-10-9-17-35-93/h11-15,20-25,27-29,32-33,42-43,47,52-53,57,61,63-68,71-73,77-78,98,109,123H,9-10,16-19,26,30-31,34-41,44-46,48-50,93-94H2,1-8H3,(H2,95,112)(H,99,116)(H,100,117)(H,101,115)(H,102,118)(H,103,113)(H,104,119)(H,105,114)(H,106,122)(H2,96,97,121)/b27-20+,51-21+/t52-,53+,61-,63+,64+,65-,66+,67+,68+,71+,72-,73+,77+,78+,90+,91+/m1/s1. The summed E-state index contributed by atoms with van der Waals surface area (Å²) in [6, 6.07) is 12.6. The topological polar surface area (TPSA) is 532 Å². The Kier molecular flexibility index (Phi) is 39.0. The van der Waals surface area contributed by atoms with Crippen LogP contribution in [0.25, 0.3) is 10.9 Å². The molecule has 19 N–H and O–H groups in total. The monoisotopic (exact) mass is 1920 g/mol. The number of amides is 13. The molecule has 0 unspecified atom stereocenters. The number of hydrogen-bond donors (Lipinski definition) is 16. The minimum absolute atomic E-state index is 0.0539. The van der Waals surface area contributed by atoms with Crippen LogP contribution in [0.15, 0.2) is 121 Å². The lowest BCUT2D eigenvalue weighted by Gasteiger charge is -2.42. The third-order valence-corrected chi connectivity index (χ3v) is 29.2. The molecule has 4 aliphatic heterocycles. The highest BCUT2D eigenvalue weighted by molar-refractivity contribution is 8.77. The van der Waals surface area contributed by atoms with Crippen molar-refractivity contribution in [1.82, 2.24) is 63.1 Å². The number of nitrogens with two attached hydrogens (primary N) is 3. The SMILES string of the molecule is COc1cc2cc(c1Cl)N(C)C(=O)C[C@H](OC(=O)[C@H](C)N(C)C(=O)CCSSC[C@H](NC(=O)[C@@H]1CSSC[C@H](NC(=O)[C@H](N)Cc3ccccc3)C(=O)N[C@@H](Cc3ccc(O)cc3)C(=O)N[C@H](Cc3c[nH]c4ccccc34)C(=O)N[C@@H](CCCCNC(=O)NCCCCCCN)C(=O)N[C@@H](C3CC3)C(=O)N1)C(N)=O)[C@]1(C)O[C@H]1[C@H](C)[C@@H]1C[C@@](O)(NC(=O)O1)[C@H](OC)/C=C/C=C(\C)C2. The number of para-hydroxylation sites is 1. The molecule has 1 aromatic heterocycles. The number of unbranched alkanes of at least 4 members (excludes halogenated alkanes) is 4. The molecular formula is C91H123ClN16O20S4. The van der Waals surface area contributed by atoms with Crippen LogP contribution < -0.4 is 80.0 Å².